The number of rotatable bonds is 5. The second kappa shape index (κ2) is 5.11. The molecule has 94 valence electrons. The molecule has 0 unspecified atom stereocenters. The van der Waals surface area contributed by atoms with E-state index in [0.29, 0.717) is 0 Å². The molecule has 0 fully saturated rings. The number of aryl methyl sites for hydroxylation is 1. The Bertz CT molecular complexity index is 527. The van der Waals surface area contributed by atoms with Crippen LogP contribution in [0.3, 0.4) is 0 Å². The number of primary sulfonamides is 1. The second-order valence-corrected chi connectivity index (χ2v) is 5.31. The van der Waals surface area contributed by atoms with E-state index in [9.17, 15) is 18.5 Å². The van der Waals surface area contributed by atoms with Crippen molar-refractivity contribution >= 4 is 21.4 Å². The van der Waals surface area contributed by atoms with Gasteiger partial charge in [-0.15, -0.1) is 0 Å². The van der Waals surface area contributed by atoms with E-state index < -0.39 is 14.9 Å². The lowest BCUT2D eigenvalue weighted by molar-refractivity contribution is -0.384. The first-order chi connectivity index (χ1) is 7.79. The van der Waals surface area contributed by atoms with Gasteiger partial charge in [-0.3, -0.25) is 10.1 Å². The summed E-state index contributed by atoms with van der Waals surface area (Å²) in [6.07, 6.45) is 0. The standard InChI is InChI=1S/C9H13N3O4S/c1-7-2-3-8(9(6-7)12(13)14)11-4-5-17(10,15)16/h2-3,6,11H,4-5H2,1H3,(H2,10,15,16). The van der Waals surface area contributed by atoms with Gasteiger partial charge in [0.1, 0.15) is 5.69 Å². The normalized spacial score (nSPS) is 11.2. The smallest absolute Gasteiger partial charge is 0.292 e. The van der Waals surface area contributed by atoms with Gasteiger partial charge >= 0.3 is 0 Å². The first kappa shape index (κ1) is 13.4. The van der Waals surface area contributed by atoms with E-state index >= 15 is 0 Å². The third-order valence-corrected chi connectivity index (χ3v) is 2.83. The Morgan fingerprint density at radius 1 is 1.47 bits per heavy atom. The number of benzene rings is 1. The van der Waals surface area contributed by atoms with Gasteiger partial charge in [0.2, 0.25) is 10.0 Å². The Balaban J connectivity index is 2.81. The van der Waals surface area contributed by atoms with Crippen LogP contribution >= 0.6 is 0 Å². The van der Waals surface area contributed by atoms with Gasteiger partial charge in [-0.25, -0.2) is 13.6 Å². The lowest BCUT2D eigenvalue weighted by Crippen LogP contribution is -2.22. The summed E-state index contributed by atoms with van der Waals surface area (Å²) >= 11 is 0. The van der Waals surface area contributed by atoms with Crippen LogP contribution in [-0.2, 0) is 10.0 Å². The van der Waals surface area contributed by atoms with Crippen molar-refractivity contribution in [3.05, 3.63) is 33.9 Å². The van der Waals surface area contributed by atoms with Crippen LogP contribution in [-0.4, -0.2) is 25.6 Å². The monoisotopic (exact) mass is 259 g/mol. The van der Waals surface area contributed by atoms with Gasteiger partial charge < -0.3 is 5.32 Å². The van der Waals surface area contributed by atoms with Crippen molar-refractivity contribution in [3.63, 3.8) is 0 Å². The van der Waals surface area contributed by atoms with Crippen LogP contribution in [0, 0.1) is 17.0 Å². The summed E-state index contributed by atoms with van der Waals surface area (Å²) < 4.78 is 21.4. The fraction of sp³-hybridized carbons (Fsp3) is 0.333. The predicted molar refractivity (Wildman–Crippen MR) is 64.3 cm³/mol. The molecule has 8 heteroatoms. The van der Waals surface area contributed by atoms with Crippen molar-refractivity contribution in [3.8, 4) is 0 Å². The average molecular weight is 259 g/mol. The van der Waals surface area contributed by atoms with Crippen molar-refractivity contribution in [1.29, 1.82) is 0 Å². The van der Waals surface area contributed by atoms with Crippen molar-refractivity contribution in [2.45, 2.75) is 6.92 Å². The van der Waals surface area contributed by atoms with E-state index in [1.807, 2.05) is 0 Å². The van der Waals surface area contributed by atoms with Gasteiger partial charge in [-0.1, -0.05) is 6.07 Å². The topological polar surface area (TPSA) is 115 Å². The van der Waals surface area contributed by atoms with Crippen molar-refractivity contribution in [2.24, 2.45) is 5.14 Å². The largest absolute Gasteiger partial charge is 0.378 e. The van der Waals surface area contributed by atoms with E-state index in [-0.39, 0.29) is 23.7 Å². The molecule has 1 aromatic carbocycles. The zero-order valence-electron chi connectivity index (χ0n) is 9.21. The van der Waals surface area contributed by atoms with Crippen molar-refractivity contribution in [2.75, 3.05) is 17.6 Å². The number of nitrogens with one attached hydrogen (secondary N) is 1. The second-order valence-electron chi connectivity index (χ2n) is 3.57. The number of sulfonamides is 1. The number of hydrogen-bond acceptors (Lipinski definition) is 5. The number of nitrogens with zero attached hydrogens (tertiary/aromatic N) is 1. The first-order valence-corrected chi connectivity index (χ1v) is 6.50. The van der Waals surface area contributed by atoms with Crippen molar-refractivity contribution in [1.82, 2.24) is 0 Å². The van der Waals surface area contributed by atoms with Crippen LogP contribution in [0.2, 0.25) is 0 Å². The number of nitrogens with two attached hydrogens (primary N) is 1. The molecule has 0 aliphatic heterocycles. The quantitative estimate of drug-likeness (QED) is 0.593. The van der Waals surface area contributed by atoms with E-state index in [2.05, 4.69) is 5.32 Å². The molecule has 17 heavy (non-hydrogen) atoms. The zero-order chi connectivity index (χ0) is 13.1. The molecule has 0 aromatic heterocycles. The molecule has 0 amide bonds. The summed E-state index contributed by atoms with van der Waals surface area (Å²) in [4.78, 5) is 10.2. The lowest BCUT2D eigenvalue weighted by Gasteiger charge is -2.06. The number of hydrogen-bond donors (Lipinski definition) is 2. The minimum absolute atomic E-state index is 0.0305. The Labute approximate surface area is 98.8 Å². The summed E-state index contributed by atoms with van der Waals surface area (Å²) in [6.45, 7) is 1.77. The van der Waals surface area contributed by atoms with Crippen molar-refractivity contribution < 1.29 is 13.3 Å². The minimum Gasteiger partial charge on any atom is -0.378 e. The van der Waals surface area contributed by atoms with Crippen LogP contribution in [0.15, 0.2) is 18.2 Å². The molecule has 0 radical (unpaired) electrons. The van der Waals surface area contributed by atoms with E-state index in [1.165, 1.54) is 12.1 Å². The van der Waals surface area contributed by atoms with Gasteiger partial charge in [0.05, 0.1) is 10.7 Å². The molecule has 0 aliphatic rings. The highest BCUT2D eigenvalue weighted by atomic mass is 32.2. The molecular weight excluding hydrogens is 246 g/mol. The van der Waals surface area contributed by atoms with E-state index in [1.54, 1.807) is 13.0 Å². The molecule has 1 aromatic rings. The highest BCUT2D eigenvalue weighted by molar-refractivity contribution is 7.89. The maximum absolute atomic E-state index is 10.8. The molecule has 1 rings (SSSR count). The summed E-state index contributed by atoms with van der Waals surface area (Å²) in [5.41, 5.74) is 0.956. The Morgan fingerprint density at radius 2 is 2.12 bits per heavy atom. The third-order valence-electron chi connectivity index (χ3n) is 2.05. The lowest BCUT2D eigenvalue weighted by atomic mass is 10.2. The predicted octanol–water partition coefficient (Wildman–Crippen LogP) is 0.604. The van der Waals surface area contributed by atoms with Gasteiger partial charge in [0, 0.05) is 12.6 Å². The molecule has 3 N–H and O–H groups in total. The number of nitro benzene ring substituents is 1. The Hall–Kier alpha value is -1.67. The summed E-state index contributed by atoms with van der Waals surface area (Å²) in [5.74, 6) is -0.280. The fourth-order valence-corrected chi connectivity index (χ4v) is 1.66. The summed E-state index contributed by atoms with van der Waals surface area (Å²) in [7, 11) is -3.57. The van der Waals surface area contributed by atoms with Gasteiger partial charge in [-0.05, 0) is 18.6 Å². The van der Waals surface area contributed by atoms with Gasteiger partial charge in [-0.2, -0.15) is 0 Å². The molecule has 0 heterocycles. The van der Waals surface area contributed by atoms with Crippen LogP contribution in [0.5, 0.6) is 0 Å². The Morgan fingerprint density at radius 3 is 2.65 bits per heavy atom. The molecule has 0 bridgehead atoms. The zero-order valence-corrected chi connectivity index (χ0v) is 10.0. The molecule has 0 saturated carbocycles. The van der Waals surface area contributed by atoms with Crippen LogP contribution in [0.4, 0.5) is 11.4 Å². The molecule has 0 atom stereocenters. The first-order valence-electron chi connectivity index (χ1n) is 4.79. The average Bonchev–Trinajstić information content (AvgIpc) is 2.18. The SMILES string of the molecule is Cc1ccc(NCCS(N)(=O)=O)c([N+](=O)[O-])c1. The molecule has 7 nitrogen and oxygen atoms in total. The molecular formula is C9H13N3O4S. The molecule has 0 spiro atoms. The molecule has 0 saturated heterocycles. The number of anilines is 1. The maximum atomic E-state index is 10.8. The maximum Gasteiger partial charge on any atom is 0.292 e. The third kappa shape index (κ3) is 4.37. The van der Waals surface area contributed by atoms with Crippen LogP contribution < -0.4 is 10.5 Å². The van der Waals surface area contributed by atoms with E-state index in [0.717, 1.165) is 5.56 Å². The number of nitro groups is 1. The highest BCUT2D eigenvalue weighted by Gasteiger charge is 2.13. The van der Waals surface area contributed by atoms with Gasteiger partial charge in [0.25, 0.3) is 5.69 Å². The highest BCUT2D eigenvalue weighted by Crippen LogP contribution is 2.24. The minimum atomic E-state index is -3.57. The van der Waals surface area contributed by atoms with Crippen LogP contribution in [0.25, 0.3) is 0 Å². The van der Waals surface area contributed by atoms with E-state index in [4.69, 9.17) is 5.14 Å². The van der Waals surface area contributed by atoms with Crippen LogP contribution in [0.1, 0.15) is 5.56 Å². The summed E-state index contributed by atoms with van der Waals surface area (Å²) in [6, 6.07) is 4.65. The molecule has 0 aliphatic carbocycles. The van der Waals surface area contributed by atoms with Gasteiger partial charge in [0.15, 0.2) is 0 Å². The fourth-order valence-electron chi connectivity index (χ4n) is 1.27. The summed E-state index contributed by atoms with van der Waals surface area (Å²) in [5, 5.41) is 18.3. The Kier molecular flexibility index (Phi) is 4.02.